The van der Waals surface area contributed by atoms with Crippen LogP contribution >= 0.6 is 44.1 Å². The Kier molecular flexibility index (Phi) is 3.69. The highest BCUT2D eigenvalue weighted by Crippen LogP contribution is 2.29. The summed E-state index contributed by atoms with van der Waals surface area (Å²) in [5.74, 6) is -0.357. The molecule has 2 aromatic carbocycles. The summed E-state index contributed by atoms with van der Waals surface area (Å²) in [4.78, 5) is 2.98. The van der Waals surface area contributed by atoms with E-state index in [1.807, 2.05) is 0 Å². The number of nitrogens with one attached hydrogen (secondary N) is 1. The van der Waals surface area contributed by atoms with Crippen LogP contribution in [0.15, 0.2) is 39.3 Å². The van der Waals surface area contributed by atoms with Gasteiger partial charge in [-0.15, -0.1) is 0 Å². The van der Waals surface area contributed by atoms with E-state index < -0.39 is 0 Å². The summed E-state index contributed by atoms with van der Waals surface area (Å²) in [6.07, 6.45) is 0. The van der Waals surface area contributed by atoms with Crippen molar-refractivity contribution in [1.29, 1.82) is 5.26 Å². The molecule has 104 valence electrons. The van der Waals surface area contributed by atoms with Crippen molar-refractivity contribution in [3.63, 3.8) is 0 Å². The molecule has 3 aromatic rings. The van der Waals surface area contributed by atoms with Crippen molar-refractivity contribution in [2.24, 2.45) is 0 Å². The van der Waals surface area contributed by atoms with Gasteiger partial charge in [-0.1, -0.05) is 0 Å². The normalized spacial score (nSPS) is 10.8. The first kappa shape index (κ1) is 14.4. The van der Waals surface area contributed by atoms with Crippen LogP contribution in [0, 0.1) is 21.9 Å². The summed E-state index contributed by atoms with van der Waals surface area (Å²) >= 11 is 12.0. The van der Waals surface area contributed by atoms with Crippen LogP contribution < -0.4 is 0 Å². The molecule has 1 aromatic heterocycles. The van der Waals surface area contributed by atoms with Gasteiger partial charge < -0.3 is 4.98 Å². The number of fused-ring (bicyclic) bond motifs is 1. The summed E-state index contributed by atoms with van der Waals surface area (Å²) in [6.45, 7) is 0. The zero-order valence-corrected chi connectivity index (χ0v) is 14.3. The van der Waals surface area contributed by atoms with E-state index in [0.29, 0.717) is 20.3 Å². The minimum atomic E-state index is -0.357. The maximum atomic E-state index is 13.6. The minimum Gasteiger partial charge on any atom is -0.330 e. The quantitative estimate of drug-likeness (QED) is 0.542. The molecule has 3 nitrogen and oxygen atoms in total. The molecule has 1 N–H and O–H groups in total. The number of H-pyrrole nitrogens is 1. The van der Waals surface area contributed by atoms with E-state index >= 15 is 0 Å². The second kappa shape index (κ2) is 5.37. The molecule has 3 rings (SSSR count). The number of nitrogens with zero attached hydrogens (tertiary/aromatic N) is 2. The molecule has 0 unspecified atom stereocenters. The van der Waals surface area contributed by atoms with Crippen LogP contribution in [-0.2, 0) is 0 Å². The van der Waals surface area contributed by atoms with Crippen molar-refractivity contribution in [3.8, 4) is 11.8 Å². The molecule has 0 saturated carbocycles. The first-order valence-corrected chi connectivity index (χ1v) is 7.80. The Balaban J connectivity index is 2.35. The topological polar surface area (TPSA) is 44.5 Å². The Labute approximate surface area is 141 Å². The van der Waals surface area contributed by atoms with Crippen molar-refractivity contribution in [1.82, 2.24) is 9.55 Å². The van der Waals surface area contributed by atoms with Crippen molar-refractivity contribution in [2.75, 3.05) is 0 Å². The number of aromatic amines is 1. The van der Waals surface area contributed by atoms with E-state index in [1.54, 1.807) is 28.8 Å². The lowest BCUT2D eigenvalue weighted by Gasteiger charge is -2.08. The standard InChI is InChI=1S/C14H6Br2FN3S/c15-8-4-13-11(5-10(8)17)19-14(21)20(13)12-2-1-7(6-18)3-9(12)16/h1-5H,(H,19,21). The molecule has 0 saturated heterocycles. The highest BCUT2D eigenvalue weighted by atomic mass is 79.9. The predicted octanol–water partition coefficient (Wildman–Crippen LogP) is 5.22. The Hall–Kier alpha value is -1.49. The molecule has 0 atom stereocenters. The highest BCUT2D eigenvalue weighted by molar-refractivity contribution is 9.10. The lowest BCUT2D eigenvalue weighted by molar-refractivity contribution is 0.623. The van der Waals surface area contributed by atoms with Gasteiger partial charge >= 0.3 is 0 Å². The third-order valence-corrected chi connectivity index (χ3v) is 4.57. The lowest BCUT2D eigenvalue weighted by atomic mass is 10.2. The highest BCUT2D eigenvalue weighted by Gasteiger charge is 2.12. The zero-order chi connectivity index (χ0) is 15.1. The number of aromatic nitrogens is 2. The van der Waals surface area contributed by atoms with Gasteiger partial charge in [0.25, 0.3) is 0 Å². The molecule has 0 fully saturated rings. The SMILES string of the molecule is N#Cc1ccc(-n2c(=S)[nH]c3cc(F)c(Br)cc32)c(Br)c1. The maximum absolute atomic E-state index is 13.6. The first-order valence-electron chi connectivity index (χ1n) is 5.81. The number of nitriles is 1. The fourth-order valence-corrected chi connectivity index (χ4v) is 3.29. The van der Waals surface area contributed by atoms with Gasteiger partial charge in [-0.2, -0.15) is 5.26 Å². The van der Waals surface area contributed by atoms with Gasteiger partial charge in [-0.3, -0.25) is 4.57 Å². The predicted molar refractivity (Wildman–Crippen MR) is 88.5 cm³/mol. The number of imidazole rings is 1. The average Bonchev–Trinajstić information content (AvgIpc) is 2.75. The number of benzene rings is 2. The molecule has 21 heavy (non-hydrogen) atoms. The van der Waals surface area contributed by atoms with E-state index in [0.717, 1.165) is 15.7 Å². The largest absolute Gasteiger partial charge is 0.330 e. The number of rotatable bonds is 1. The summed E-state index contributed by atoms with van der Waals surface area (Å²) < 4.78 is 17.0. The fourth-order valence-electron chi connectivity index (χ4n) is 2.10. The lowest BCUT2D eigenvalue weighted by Crippen LogP contribution is -1.96. The molecule has 0 radical (unpaired) electrons. The fraction of sp³-hybridized carbons (Fsp3) is 0. The molecule has 0 spiro atoms. The zero-order valence-electron chi connectivity index (χ0n) is 10.3. The number of hydrogen-bond acceptors (Lipinski definition) is 2. The summed E-state index contributed by atoms with van der Waals surface area (Å²) in [6, 6.07) is 10.4. The Morgan fingerprint density at radius 2 is 1.95 bits per heavy atom. The summed E-state index contributed by atoms with van der Waals surface area (Å²) in [5.41, 5.74) is 2.68. The smallest absolute Gasteiger partial charge is 0.182 e. The Morgan fingerprint density at radius 3 is 2.62 bits per heavy atom. The van der Waals surface area contributed by atoms with E-state index in [4.69, 9.17) is 17.5 Å². The molecular formula is C14H6Br2FN3S. The van der Waals surface area contributed by atoms with Gasteiger partial charge in [0.2, 0.25) is 0 Å². The van der Waals surface area contributed by atoms with Gasteiger partial charge in [0.05, 0.1) is 32.8 Å². The van der Waals surface area contributed by atoms with Crippen LogP contribution in [0.4, 0.5) is 4.39 Å². The van der Waals surface area contributed by atoms with Crippen LogP contribution in [0.5, 0.6) is 0 Å². The minimum absolute atomic E-state index is 0.357. The van der Waals surface area contributed by atoms with Gasteiger partial charge in [0.15, 0.2) is 4.77 Å². The van der Waals surface area contributed by atoms with E-state index in [9.17, 15) is 4.39 Å². The molecule has 0 aliphatic heterocycles. The first-order chi connectivity index (χ1) is 10.0. The molecule has 0 aliphatic carbocycles. The van der Waals surface area contributed by atoms with Gasteiger partial charge in [-0.05, 0) is 68.3 Å². The van der Waals surface area contributed by atoms with E-state index in [-0.39, 0.29) is 5.82 Å². The van der Waals surface area contributed by atoms with Crippen molar-refractivity contribution in [2.45, 2.75) is 0 Å². The van der Waals surface area contributed by atoms with Crippen molar-refractivity contribution < 1.29 is 4.39 Å². The Morgan fingerprint density at radius 1 is 1.19 bits per heavy atom. The maximum Gasteiger partial charge on any atom is 0.182 e. The second-order valence-electron chi connectivity index (χ2n) is 4.33. The Bertz CT molecular complexity index is 969. The second-order valence-corrected chi connectivity index (χ2v) is 6.42. The molecular weight excluding hydrogens is 421 g/mol. The van der Waals surface area contributed by atoms with Crippen LogP contribution in [0.2, 0.25) is 0 Å². The van der Waals surface area contributed by atoms with Crippen molar-refractivity contribution >= 4 is 55.1 Å². The number of hydrogen-bond donors (Lipinski definition) is 1. The molecule has 0 bridgehead atoms. The summed E-state index contributed by atoms with van der Waals surface area (Å²) in [7, 11) is 0. The van der Waals surface area contributed by atoms with Crippen LogP contribution in [0.1, 0.15) is 5.56 Å². The van der Waals surface area contributed by atoms with E-state index in [1.165, 1.54) is 6.07 Å². The third-order valence-electron chi connectivity index (χ3n) is 3.04. The third kappa shape index (κ3) is 2.44. The molecule has 7 heteroatoms. The molecule has 0 aliphatic rings. The monoisotopic (exact) mass is 425 g/mol. The molecule has 1 heterocycles. The van der Waals surface area contributed by atoms with Gasteiger partial charge in [-0.25, -0.2) is 4.39 Å². The number of halogens is 3. The average molecular weight is 427 g/mol. The van der Waals surface area contributed by atoms with Crippen LogP contribution in [-0.4, -0.2) is 9.55 Å². The van der Waals surface area contributed by atoms with Crippen molar-refractivity contribution in [3.05, 3.63) is 55.4 Å². The summed E-state index contributed by atoms with van der Waals surface area (Å²) in [5, 5.41) is 8.92. The van der Waals surface area contributed by atoms with Crippen LogP contribution in [0.3, 0.4) is 0 Å². The van der Waals surface area contributed by atoms with Gasteiger partial charge in [0, 0.05) is 10.5 Å². The van der Waals surface area contributed by atoms with Crippen LogP contribution in [0.25, 0.3) is 16.7 Å². The van der Waals surface area contributed by atoms with Gasteiger partial charge in [0.1, 0.15) is 5.82 Å². The van der Waals surface area contributed by atoms with E-state index in [2.05, 4.69) is 42.9 Å². The molecule has 0 amide bonds.